The second-order valence-corrected chi connectivity index (χ2v) is 5.74. The summed E-state index contributed by atoms with van der Waals surface area (Å²) in [4.78, 5) is 11.0. The Bertz CT molecular complexity index is 742. The van der Waals surface area contributed by atoms with Crippen molar-refractivity contribution >= 4 is 5.95 Å². The van der Waals surface area contributed by atoms with E-state index in [1.54, 1.807) is 4.90 Å². The third-order valence-electron chi connectivity index (χ3n) is 3.99. The number of aromatic nitrogens is 2. The number of nitrogens with zero attached hydrogens (tertiary/aromatic N) is 4. The van der Waals surface area contributed by atoms with Crippen molar-refractivity contribution in [3.63, 3.8) is 0 Å². The molecule has 0 aliphatic carbocycles. The third kappa shape index (κ3) is 4.22. The van der Waals surface area contributed by atoms with Crippen molar-refractivity contribution in [3.05, 3.63) is 53.4 Å². The number of rotatable bonds is 3. The van der Waals surface area contributed by atoms with Gasteiger partial charge in [0.05, 0.1) is 0 Å². The van der Waals surface area contributed by atoms with Crippen LogP contribution < -0.4 is 4.90 Å². The van der Waals surface area contributed by atoms with E-state index in [4.69, 9.17) is 0 Å². The molecule has 2 heterocycles. The van der Waals surface area contributed by atoms with E-state index in [-0.39, 0.29) is 18.1 Å². The Morgan fingerprint density at radius 1 is 1.00 bits per heavy atom. The van der Waals surface area contributed by atoms with Crippen LogP contribution in [0.1, 0.15) is 11.3 Å². The predicted octanol–water partition coefficient (Wildman–Crippen LogP) is 3.10. The summed E-state index contributed by atoms with van der Waals surface area (Å²) in [5.74, 6) is -0.969. The van der Waals surface area contributed by atoms with Crippen LogP contribution in [-0.4, -0.2) is 41.0 Å². The quantitative estimate of drug-likeness (QED) is 0.790. The molecule has 0 saturated carbocycles. The van der Waals surface area contributed by atoms with Crippen molar-refractivity contribution in [1.82, 2.24) is 14.9 Å². The summed E-state index contributed by atoms with van der Waals surface area (Å²) in [6.45, 7) is 2.00. The lowest BCUT2D eigenvalue weighted by atomic mass is 10.2. The van der Waals surface area contributed by atoms with E-state index >= 15 is 0 Å². The molecular weight excluding hydrogens is 343 g/mol. The number of halogens is 5. The maximum absolute atomic E-state index is 13.7. The van der Waals surface area contributed by atoms with E-state index in [1.807, 2.05) is 4.90 Å². The van der Waals surface area contributed by atoms with Crippen LogP contribution in [0.5, 0.6) is 0 Å². The lowest BCUT2D eigenvalue weighted by Gasteiger charge is -2.34. The Morgan fingerprint density at radius 2 is 1.72 bits per heavy atom. The molecule has 1 fully saturated rings. The van der Waals surface area contributed by atoms with E-state index in [1.165, 1.54) is 0 Å². The van der Waals surface area contributed by atoms with Gasteiger partial charge in [-0.1, -0.05) is 0 Å². The normalized spacial score (nSPS) is 16.3. The molecule has 3 rings (SSSR count). The molecule has 0 amide bonds. The number of hydrogen-bond donors (Lipinski definition) is 0. The van der Waals surface area contributed by atoms with Gasteiger partial charge >= 0.3 is 6.18 Å². The first-order chi connectivity index (χ1) is 11.8. The van der Waals surface area contributed by atoms with Crippen LogP contribution in [0.4, 0.5) is 27.9 Å². The number of hydrogen-bond acceptors (Lipinski definition) is 4. The molecule has 25 heavy (non-hydrogen) atoms. The van der Waals surface area contributed by atoms with Gasteiger partial charge in [0, 0.05) is 44.5 Å². The molecule has 1 aliphatic heterocycles. The molecule has 134 valence electrons. The highest BCUT2D eigenvalue weighted by Crippen LogP contribution is 2.28. The van der Waals surface area contributed by atoms with Crippen molar-refractivity contribution in [2.45, 2.75) is 12.7 Å². The van der Waals surface area contributed by atoms with Gasteiger partial charge in [-0.05, 0) is 24.3 Å². The molecule has 1 aliphatic rings. The summed E-state index contributed by atoms with van der Waals surface area (Å²) in [5.41, 5.74) is -0.731. The van der Waals surface area contributed by atoms with E-state index in [9.17, 15) is 22.0 Å². The fraction of sp³-hybridized carbons (Fsp3) is 0.375. The van der Waals surface area contributed by atoms with Gasteiger partial charge in [0.2, 0.25) is 5.95 Å². The molecule has 0 bridgehead atoms. The maximum Gasteiger partial charge on any atom is 0.433 e. The topological polar surface area (TPSA) is 32.3 Å². The Balaban J connectivity index is 1.63. The Morgan fingerprint density at radius 3 is 2.40 bits per heavy atom. The summed E-state index contributed by atoms with van der Waals surface area (Å²) in [7, 11) is 0. The molecule has 4 nitrogen and oxygen atoms in total. The molecular formula is C16H15F5N4. The Labute approximate surface area is 140 Å². The summed E-state index contributed by atoms with van der Waals surface area (Å²) < 4.78 is 65.1. The maximum atomic E-state index is 13.7. The minimum Gasteiger partial charge on any atom is -0.338 e. The van der Waals surface area contributed by atoms with E-state index < -0.39 is 23.5 Å². The van der Waals surface area contributed by atoms with Gasteiger partial charge in [-0.15, -0.1) is 0 Å². The van der Waals surface area contributed by atoms with Gasteiger partial charge in [-0.3, -0.25) is 4.90 Å². The van der Waals surface area contributed by atoms with E-state index in [0.29, 0.717) is 26.2 Å². The summed E-state index contributed by atoms with van der Waals surface area (Å²) in [6.07, 6.45) is -3.44. The van der Waals surface area contributed by atoms with Gasteiger partial charge in [0.1, 0.15) is 17.3 Å². The number of piperazine rings is 1. The molecule has 0 unspecified atom stereocenters. The second-order valence-electron chi connectivity index (χ2n) is 5.74. The Kier molecular flexibility index (Phi) is 4.85. The standard InChI is InChI=1S/C16H15F5N4/c17-12-1-2-13(18)11(9-12)10-24-5-7-25(8-6-24)15-22-4-3-14(23-15)16(19,20)21/h1-4,9H,5-8,10H2. The molecule has 1 aromatic heterocycles. The first kappa shape index (κ1) is 17.5. The van der Waals surface area contributed by atoms with Gasteiger partial charge in [0.15, 0.2) is 0 Å². The molecule has 0 radical (unpaired) electrons. The molecule has 0 atom stereocenters. The van der Waals surface area contributed by atoms with Gasteiger partial charge in [-0.2, -0.15) is 13.2 Å². The zero-order valence-electron chi connectivity index (χ0n) is 13.1. The SMILES string of the molecule is Fc1ccc(F)c(CN2CCN(c3nccc(C(F)(F)F)n3)CC2)c1. The van der Waals surface area contributed by atoms with Gasteiger partial charge < -0.3 is 4.90 Å². The van der Waals surface area contributed by atoms with Crippen molar-refractivity contribution < 1.29 is 22.0 Å². The van der Waals surface area contributed by atoms with Crippen molar-refractivity contribution in [3.8, 4) is 0 Å². The average molecular weight is 358 g/mol. The number of alkyl halides is 3. The third-order valence-corrected chi connectivity index (χ3v) is 3.99. The predicted molar refractivity (Wildman–Crippen MR) is 80.9 cm³/mol. The molecule has 0 N–H and O–H groups in total. The molecule has 9 heteroatoms. The lowest BCUT2D eigenvalue weighted by molar-refractivity contribution is -0.141. The summed E-state index contributed by atoms with van der Waals surface area (Å²) in [5, 5.41) is 0. The van der Waals surface area contributed by atoms with Crippen LogP contribution in [0, 0.1) is 11.6 Å². The van der Waals surface area contributed by atoms with Crippen LogP contribution in [0.25, 0.3) is 0 Å². The van der Waals surface area contributed by atoms with Crippen LogP contribution in [0.3, 0.4) is 0 Å². The first-order valence-corrected chi connectivity index (χ1v) is 7.64. The highest BCUT2D eigenvalue weighted by atomic mass is 19.4. The fourth-order valence-corrected chi connectivity index (χ4v) is 2.67. The highest BCUT2D eigenvalue weighted by Gasteiger charge is 2.33. The summed E-state index contributed by atoms with van der Waals surface area (Å²) >= 11 is 0. The monoisotopic (exact) mass is 358 g/mol. The first-order valence-electron chi connectivity index (χ1n) is 7.64. The summed E-state index contributed by atoms with van der Waals surface area (Å²) in [6, 6.07) is 4.11. The minimum atomic E-state index is -4.52. The molecule has 1 saturated heterocycles. The number of anilines is 1. The zero-order chi connectivity index (χ0) is 18.0. The molecule has 0 spiro atoms. The van der Waals surface area contributed by atoms with Gasteiger partial charge in [-0.25, -0.2) is 18.7 Å². The minimum absolute atomic E-state index is 0.0198. The van der Waals surface area contributed by atoms with Gasteiger partial charge in [0.25, 0.3) is 0 Å². The molecule has 1 aromatic carbocycles. The smallest absolute Gasteiger partial charge is 0.338 e. The van der Waals surface area contributed by atoms with E-state index in [2.05, 4.69) is 9.97 Å². The molecule has 2 aromatic rings. The van der Waals surface area contributed by atoms with Crippen LogP contribution >= 0.6 is 0 Å². The van der Waals surface area contributed by atoms with Crippen LogP contribution in [0.2, 0.25) is 0 Å². The zero-order valence-corrected chi connectivity index (χ0v) is 13.1. The van der Waals surface area contributed by atoms with Crippen LogP contribution in [0.15, 0.2) is 30.5 Å². The highest BCUT2D eigenvalue weighted by molar-refractivity contribution is 5.32. The average Bonchev–Trinajstić information content (AvgIpc) is 2.58. The fourth-order valence-electron chi connectivity index (χ4n) is 2.67. The Hall–Kier alpha value is -2.29. The largest absolute Gasteiger partial charge is 0.433 e. The van der Waals surface area contributed by atoms with Crippen molar-refractivity contribution in [1.29, 1.82) is 0 Å². The number of benzene rings is 1. The lowest BCUT2D eigenvalue weighted by Crippen LogP contribution is -2.46. The van der Waals surface area contributed by atoms with Crippen molar-refractivity contribution in [2.24, 2.45) is 0 Å². The van der Waals surface area contributed by atoms with Crippen LogP contribution in [-0.2, 0) is 12.7 Å². The van der Waals surface area contributed by atoms with E-state index in [0.717, 1.165) is 30.5 Å². The van der Waals surface area contributed by atoms with Crippen molar-refractivity contribution in [2.75, 3.05) is 31.1 Å². The second kappa shape index (κ2) is 6.91.